The molecule has 1 aliphatic rings. The number of carboxylic acid groups (broad SMARTS) is 2. The lowest BCUT2D eigenvalue weighted by Gasteiger charge is -2.29. The Bertz CT molecular complexity index is 1870. The molecule has 1 unspecified atom stereocenters. The molecule has 0 fully saturated rings. The van der Waals surface area contributed by atoms with Crippen LogP contribution in [0.1, 0.15) is 106 Å². The van der Waals surface area contributed by atoms with Crippen LogP contribution in [0.3, 0.4) is 0 Å². The topological polar surface area (TPSA) is 279 Å². The zero-order valence-electron chi connectivity index (χ0n) is 39.6. The molecule has 362 valence electrons. The second-order valence-corrected chi connectivity index (χ2v) is 17.9. The van der Waals surface area contributed by atoms with Crippen LogP contribution >= 0.6 is 0 Å². The number of aliphatic carboxylic acids is 2. The minimum Gasteiger partial charge on any atom is -0.480 e. The second-order valence-electron chi connectivity index (χ2n) is 17.9. The van der Waals surface area contributed by atoms with E-state index in [1.807, 2.05) is 37.3 Å². The highest BCUT2D eigenvalue weighted by atomic mass is 16.5. The number of nitrogens with one attached hydrogen (secondary N) is 5. The summed E-state index contributed by atoms with van der Waals surface area (Å²) < 4.78 is 5.85. The Kier molecular flexibility index (Phi) is 22.4. The molecule has 7 N–H and O–H groups in total. The molecule has 19 nitrogen and oxygen atoms in total. The first kappa shape index (κ1) is 55.4. The first-order chi connectivity index (χ1) is 30.4. The van der Waals surface area contributed by atoms with Crippen LogP contribution in [0.2, 0.25) is 0 Å². The summed E-state index contributed by atoms with van der Waals surface area (Å²) in [5.74, 6) is -11.3. The third-order valence-corrected chi connectivity index (χ3v) is 12.0. The molecule has 1 heterocycles. The fourth-order valence-electron chi connectivity index (χ4n) is 7.51. The first-order valence-corrected chi connectivity index (χ1v) is 22.3. The van der Waals surface area contributed by atoms with Gasteiger partial charge in [0.15, 0.2) is 0 Å². The average molecular weight is 914 g/mol. The minimum absolute atomic E-state index is 0.0550. The van der Waals surface area contributed by atoms with Crippen molar-refractivity contribution in [1.82, 2.24) is 31.5 Å². The first-order valence-electron chi connectivity index (χ1n) is 22.3. The largest absolute Gasteiger partial charge is 0.480 e. The van der Waals surface area contributed by atoms with Gasteiger partial charge in [-0.2, -0.15) is 0 Å². The van der Waals surface area contributed by atoms with Crippen molar-refractivity contribution in [1.29, 1.82) is 0 Å². The van der Waals surface area contributed by atoms with Crippen molar-refractivity contribution in [3.8, 4) is 0 Å². The number of amides is 7. The van der Waals surface area contributed by atoms with Crippen molar-refractivity contribution in [3.63, 3.8) is 0 Å². The molecule has 1 aliphatic heterocycles. The number of ether oxygens (including phenoxy) is 1. The van der Waals surface area contributed by atoms with Gasteiger partial charge < -0.3 is 46.4 Å². The van der Waals surface area contributed by atoms with Crippen LogP contribution in [-0.4, -0.2) is 131 Å². The van der Waals surface area contributed by atoms with Crippen LogP contribution in [0.25, 0.3) is 0 Å². The molecule has 0 radical (unpaired) electrons. The van der Waals surface area contributed by atoms with Gasteiger partial charge in [0.1, 0.15) is 35.9 Å². The summed E-state index contributed by atoms with van der Waals surface area (Å²) >= 11 is 0. The summed E-state index contributed by atoms with van der Waals surface area (Å²) in [5.41, 5.74) is 0.511. The summed E-state index contributed by atoms with van der Waals surface area (Å²) in [4.78, 5) is 124. The number of rotatable bonds is 13. The van der Waals surface area contributed by atoms with E-state index < -0.39 is 120 Å². The molecule has 0 saturated heterocycles. The van der Waals surface area contributed by atoms with Crippen LogP contribution in [0, 0.1) is 29.6 Å². The number of methoxy groups -OCH3 is 1. The molecule has 7 amide bonds. The zero-order valence-corrected chi connectivity index (χ0v) is 39.6. The summed E-state index contributed by atoms with van der Waals surface area (Å²) in [7, 11) is 2.97. The number of carbonyl (C=O) groups excluding carboxylic acids is 7. The lowest BCUT2D eigenvalue weighted by atomic mass is 9.85. The molecule has 0 bridgehead atoms. The van der Waals surface area contributed by atoms with E-state index in [0.29, 0.717) is 12.8 Å². The van der Waals surface area contributed by atoms with Crippen LogP contribution in [0.4, 0.5) is 0 Å². The SMILES string of the molecule is CO[C@@H](Cc1ccccc1)[C@@H](C)CC(C)CC[C@@H]1NC(=O)[C@H](C)NC(=O)[C@@H](C)[C@H](C(=O)O)NC(=O)[C@H](CC(C)C)NC(=O)[C@@H](C)NC(=O)[C@H](C)N(C)C(=O)CC/C(C(=O)O)=N\C(=O)[C@H]1C. The van der Waals surface area contributed by atoms with Gasteiger partial charge in [0.25, 0.3) is 5.91 Å². The number of nitrogens with zero attached hydrogens (tertiary/aromatic N) is 2. The van der Waals surface area contributed by atoms with Crippen LogP contribution in [0.15, 0.2) is 35.3 Å². The van der Waals surface area contributed by atoms with Gasteiger partial charge >= 0.3 is 11.9 Å². The normalized spacial score (nSPS) is 27.6. The Hall–Kier alpha value is -5.72. The minimum atomic E-state index is -1.80. The van der Waals surface area contributed by atoms with E-state index in [2.05, 4.69) is 38.5 Å². The van der Waals surface area contributed by atoms with Crippen molar-refractivity contribution < 1.29 is 58.1 Å². The van der Waals surface area contributed by atoms with Gasteiger partial charge in [0.2, 0.25) is 35.4 Å². The highest BCUT2D eigenvalue weighted by Gasteiger charge is 2.37. The molecule has 65 heavy (non-hydrogen) atoms. The zero-order chi connectivity index (χ0) is 49.3. The van der Waals surface area contributed by atoms with Gasteiger partial charge in [-0.3, -0.25) is 33.6 Å². The Labute approximate surface area is 382 Å². The predicted molar refractivity (Wildman–Crippen MR) is 241 cm³/mol. The Morgan fingerprint density at radius 2 is 1.35 bits per heavy atom. The summed E-state index contributed by atoms with van der Waals surface area (Å²) in [6.07, 6.45) is 1.23. The van der Waals surface area contributed by atoms with Crippen molar-refractivity contribution in [2.45, 2.75) is 150 Å². The standard InChI is InChI=1S/C46H71N7O12/c1-24(2)21-35-44(60)52-38(46(63)64)28(6)40(56)47-29(7)41(57)49-33(18-17-25(3)22-26(4)36(65-11)23-32-15-13-12-14-16-32)27(5)39(55)50-34(45(61)62)19-20-37(54)53(10)31(9)43(59)48-30(8)42(58)51-35/h12-16,24-31,33,35-36,38H,17-23H2,1-11H3,(H,47,56)(H,48,59)(H,49,57)(H,51,58)(H,52,60)(H,61,62)(H,63,64)/b50-34+/t25?,26-,27-,28-,29-,30+,31-,33-,35-,36-,38+/m0/s1. The number of carbonyl (C=O) groups is 9. The molecule has 19 heteroatoms. The molecule has 0 aromatic heterocycles. The van der Waals surface area contributed by atoms with E-state index in [4.69, 9.17) is 4.74 Å². The number of hydrogen-bond donors (Lipinski definition) is 7. The molecular formula is C46H71N7O12. The van der Waals surface area contributed by atoms with Gasteiger partial charge in [0.05, 0.1) is 17.9 Å². The number of carboxylic acids is 2. The maximum atomic E-state index is 13.8. The highest BCUT2D eigenvalue weighted by molar-refractivity contribution is 6.37. The van der Waals surface area contributed by atoms with Gasteiger partial charge in [-0.05, 0) is 76.2 Å². The smallest absolute Gasteiger partial charge is 0.350 e. The molecule has 1 aromatic rings. The van der Waals surface area contributed by atoms with E-state index in [9.17, 15) is 53.4 Å². The van der Waals surface area contributed by atoms with E-state index >= 15 is 0 Å². The van der Waals surface area contributed by atoms with Crippen LogP contribution in [-0.2, 0) is 54.3 Å². The third kappa shape index (κ3) is 17.6. The highest BCUT2D eigenvalue weighted by Crippen LogP contribution is 2.25. The third-order valence-electron chi connectivity index (χ3n) is 12.0. The number of hydrogen-bond acceptors (Lipinski definition) is 10. The molecule has 2 rings (SSSR count). The van der Waals surface area contributed by atoms with E-state index in [1.54, 1.807) is 21.0 Å². The molecule has 0 aliphatic carbocycles. The summed E-state index contributed by atoms with van der Waals surface area (Å²) in [5, 5.41) is 32.8. The van der Waals surface area contributed by atoms with E-state index in [-0.39, 0.29) is 36.7 Å². The van der Waals surface area contributed by atoms with Crippen LogP contribution < -0.4 is 26.6 Å². The van der Waals surface area contributed by atoms with Gasteiger partial charge in [-0.25, -0.2) is 14.6 Å². The fraction of sp³-hybridized carbons (Fsp3) is 0.652. The lowest BCUT2D eigenvalue weighted by Crippen LogP contribution is -2.59. The molecule has 0 saturated carbocycles. The van der Waals surface area contributed by atoms with Crippen LogP contribution in [0.5, 0.6) is 0 Å². The van der Waals surface area contributed by atoms with Gasteiger partial charge in [0, 0.05) is 33.0 Å². The molecular weight excluding hydrogens is 843 g/mol. The molecule has 1 aromatic carbocycles. The number of benzene rings is 1. The Morgan fingerprint density at radius 3 is 1.91 bits per heavy atom. The van der Waals surface area contributed by atoms with Gasteiger partial charge in [-0.15, -0.1) is 0 Å². The van der Waals surface area contributed by atoms with Crippen molar-refractivity contribution in [2.75, 3.05) is 14.2 Å². The summed E-state index contributed by atoms with van der Waals surface area (Å²) in [6.45, 7) is 14.5. The molecule has 11 atom stereocenters. The average Bonchev–Trinajstić information content (AvgIpc) is 3.25. The van der Waals surface area contributed by atoms with Crippen molar-refractivity contribution in [3.05, 3.63) is 35.9 Å². The Morgan fingerprint density at radius 1 is 0.769 bits per heavy atom. The Balaban J connectivity index is 2.52. The van der Waals surface area contributed by atoms with Crippen molar-refractivity contribution in [2.24, 2.45) is 34.6 Å². The van der Waals surface area contributed by atoms with E-state index in [0.717, 1.165) is 16.9 Å². The maximum Gasteiger partial charge on any atom is 0.350 e. The van der Waals surface area contributed by atoms with E-state index in [1.165, 1.54) is 41.7 Å². The number of aliphatic imine (C=N–C) groups is 1. The summed E-state index contributed by atoms with van der Waals surface area (Å²) in [6, 6.07) is 2.26. The lowest BCUT2D eigenvalue weighted by molar-refractivity contribution is -0.146. The quantitative estimate of drug-likeness (QED) is 0.150. The number of likely N-dealkylation sites (N-methyl/N-ethyl adjacent to an activating group) is 1. The maximum absolute atomic E-state index is 13.8. The molecule has 0 spiro atoms. The van der Waals surface area contributed by atoms with Crippen molar-refractivity contribution >= 4 is 59.0 Å². The second kappa shape index (κ2) is 26.3. The van der Waals surface area contributed by atoms with Gasteiger partial charge in [-0.1, -0.05) is 71.9 Å². The fourth-order valence-corrected chi connectivity index (χ4v) is 7.51. The monoisotopic (exact) mass is 914 g/mol. The predicted octanol–water partition coefficient (Wildman–Crippen LogP) is 2.25.